The average molecular weight is 450 g/mol. The number of thiocarbonyl (C=S) groups is 1. The second-order valence-corrected chi connectivity index (χ2v) is 8.13. The van der Waals surface area contributed by atoms with Crippen LogP contribution in [0.3, 0.4) is 0 Å². The number of carbonyl (C=O) groups excluding carboxylic acids is 3. The Kier molecular flexibility index (Phi) is 9.71. The molecule has 0 aromatic heterocycles. The second kappa shape index (κ2) is 12.2. The fourth-order valence-corrected chi connectivity index (χ4v) is 3.29. The Labute approximate surface area is 188 Å². The Hall–Kier alpha value is -2.68. The summed E-state index contributed by atoms with van der Waals surface area (Å²) in [6.07, 6.45) is 1.47. The zero-order valence-corrected chi connectivity index (χ0v) is 19.1. The molecule has 2 amide bonds. The SMILES string of the molecule is CCCOc1cccc(C(=O)NC(=S)N2CCNC(=O)C2CC(=O)OCCC(C)C)c1. The standard InChI is InChI=1S/C22H31N3O5S/c1-4-11-29-17-7-5-6-16(13-17)20(27)24-22(31)25-10-9-23-21(28)18(25)14-19(26)30-12-8-15(2)3/h5-7,13,15,18H,4,8-12,14H2,1-3H3,(H,23,28)(H,24,27,31). The largest absolute Gasteiger partial charge is 0.494 e. The molecular weight excluding hydrogens is 418 g/mol. The lowest BCUT2D eigenvalue weighted by Gasteiger charge is -2.36. The maximum Gasteiger partial charge on any atom is 0.308 e. The summed E-state index contributed by atoms with van der Waals surface area (Å²) in [4.78, 5) is 38.8. The fraction of sp³-hybridized carbons (Fsp3) is 0.545. The van der Waals surface area contributed by atoms with Gasteiger partial charge in [0, 0.05) is 18.7 Å². The van der Waals surface area contributed by atoms with Crippen LogP contribution in [-0.2, 0) is 14.3 Å². The highest BCUT2D eigenvalue weighted by molar-refractivity contribution is 7.80. The minimum absolute atomic E-state index is 0.0970. The van der Waals surface area contributed by atoms with E-state index in [0.717, 1.165) is 12.8 Å². The number of hydrogen-bond donors (Lipinski definition) is 2. The molecule has 1 saturated heterocycles. The zero-order valence-electron chi connectivity index (χ0n) is 18.3. The molecule has 1 aromatic rings. The van der Waals surface area contributed by atoms with Crippen molar-refractivity contribution in [3.8, 4) is 5.75 Å². The summed E-state index contributed by atoms with van der Waals surface area (Å²) < 4.78 is 10.8. The molecule has 0 bridgehead atoms. The van der Waals surface area contributed by atoms with E-state index in [1.165, 1.54) is 0 Å². The molecule has 9 heteroatoms. The van der Waals surface area contributed by atoms with Gasteiger partial charge in [-0.15, -0.1) is 0 Å². The Morgan fingerprint density at radius 3 is 2.81 bits per heavy atom. The first-order chi connectivity index (χ1) is 14.8. The van der Waals surface area contributed by atoms with Gasteiger partial charge in [0.1, 0.15) is 11.8 Å². The third-order valence-corrected chi connectivity index (χ3v) is 5.04. The summed E-state index contributed by atoms with van der Waals surface area (Å²) in [7, 11) is 0. The molecule has 8 nitrogen and oxygen atoms in total. The molecule has 1 unspecified atom stereocenters. The fourth-order valence-electron chi connectivity index (χ4n) is 2.97. The highest BCUT2D eigenvalue weighted by Crippen LogP contribution is 2.15. The molecule has 170 valence electrons. The van der Waals surface area contributed by atoms with Crippen molar-refractivity contribution in [2.75, 3.05) is 26.3 Å². The summed E-state index contributed by atoms with van der Waals surface area (Å²) >= 11 is 5.39. The van der Waals surface area contributed by atoms with E-state index < -0.39 is 17.9 Å². The monoisotopic (exact) mass is 449 g/mol. The number of benzene rings is 1. The lowest BCUT2D eigenvalue weighted by atomic mass is 10.1. The lowest BCUT2D eigenvalue weighted by molar-refractivity contribution is -0.147. The molecule has 0 radical (unpaired) electrons. The van der Waals surface area contributed by atoms with Crippen molar-refractivity contribution in [3.05, 3.63) is 29.8 Å². The molecule has 1 aliphatic heterocycles. The van der Waals surface area contributed by atoms with Gasteiger partial charge in [-0.3, -0.25) is 19.7 Å². The molecule has 0 saturated carbocycles. The van der Waals surface area contributed by atoms with E-state index in [9.17, 15) is 14.4 Å². The number of piperazine rings is 1. The van der Waals surface area contributed by atoms with Gasteiger partial charge < -0.3 is 19.7 Å². The first kappa shape index (κ1) is 24.6. The van der Waals surface area contributed by atoms with Crippen molar-refractivity contribution in [1.82, 2.24) is 15.5 Å². The molecule has 1 aliphatic rings. The molecule has 2 N–H and O–H groups in total. The molecule has 1 atom stereocenters. The van der Waals surface area contributed by atoms with Crippen molar-refractivity contribution in [3.63, 3.8) is 0 Å². The maximum absolute atomic E-state index is 12.7. The minimum Gasteiger partial charge on any atom is -0.494 e. The number of carbonyl (C=O) groups is 3. The van der Waals surface area contributed by atoms with E-state index in [0.29, 0.717) is 43.5 Å². The van der Waals surface area contributed by atoms with Gasteiger partial charge in [0.15, 0.2) is 5.11 Å². The van der Waals surface area contributed by atoms with Crippen LogP contribution in [0, 0.1) is 5.92 Å². The molecule has 0 spiro atoms. The minimum atomic E-state index is -0.827. The summed E-state index contributed by atoms with van der Waals surface area (Å²) in [6.45, 7) is 7.69. The predicted octanol–water partition coefficient (Wildman–Crippen LogP) is 2.27. The average Bonchev–Trinajstić information content (AvgIpc) is 2.73. The Morgan fingerprint density at radius 2 is 2.10 bits per heavy atom. The third kappa shape index (κ3) is 7.82. The Morgan fingerprint density at radius 1 is 1.32 bits per heavy atom. The van der Waals surface area contributed by atoms with Crippen LogP contribution in [0.2, 0.25) is 0 Å². The van der Waals surface area contributed by atoms with Gasteiger partial charge in [0.2, 0.25) is 5.91 Å². The summed E-state index contributed by atoms with van der Waals surface area (Å²) in [5.74, 6) is -0.187. The normalized spacial score (nSPS) is 15.9. The van der Waals surface area contributed by atoms with Gasteiger partial charge in [0.25, 0.3) is 5.91 Å². The number of esters is 1. The van der Waals surface area contributed by atoms with Crippen LogP contribution in [0.1, 0.15) is 50.4 Å². The van der Waals surface area contributed by atoms with E-state index in [2.05, 4.69) is 10.6 Å². The number of rotatable bonds is 9. The predicted molar refractivity (Wildman–Crippen MR) is 121 cm³/mol. The summed E-state index contributed by atoms with van der Waals surface area (Å²) in [5, 5.41) is 5.49. The van der Waals surface area contributed by atoms with Gasteiger partial charge in [-0.2, -0.15) is 0 Å². The van der Waals surface area contributed by atoms with Crippen LogP contribution in [0.25, 0.3) is 0 Å². The summed E-state index contributed by atoms with van der Waals surface area (Å²) in [5.41, 5.74) is 0.391. The number of nitrogens with zero attached hydrogens (tertiary/aromatic N) is 1. The van der Waals surface area contributed by atoms with Crippen LogP contribution in [0.5, 0.6) is 5.75 Å². The Balaban J connectivity index is 2.00. The number of nitrogens with one attached hydrogen (secondary N) is 2. The number of hydrogen-bond acceptors (Lipinski definition) is 6. The molecule has 1 heterocycles. The van der Waals surface area contributed by atoms with Gasteiger partial charge in [-0.05, 0) is 49.2 Å². The van der Waals surface area contributed by atoms with Crippen LogP contribution in [0.4, 0.5) is 0 Å². The number of ether oxygens (including phenoxy) is 2. The van der Waals surface area contributed by atoms with Crippen molar-refractivity contribution >= 4 is 35.1 Å². The highest BCUT2D eigenvalue weighted by Gasteiger charge is 2.34. The van der Waals surface area contributed by atoms with E-state index in [1.807, 2.05) is 20.8 Å². The van der Waals surface area contributed by atoms with Crippen molar-refractivity contribution < 1.29 is 23.9 Å². The first-order valence-corrected chi connectivity index (χ1v) is 11.0. The smallest absolute Gasteiger partial charge is 0.308 e. The maximum atomic E-state index is 12.7. The molecule has 1 aromatic carbocycles. The molecular formula is C22H31N3O5S. The molecule has 0 aliphatic carbocycles. The molecule has 2 rings (SSSR count). The molecule has 31 heavy (non-hydrogen) atoms. The van der Waals surface area contributed by atoms with Gasteiger partial charge in [0.05, 0.1) is 19.6 Å². The van der Waals surface area contributed by atoms with Crippen LogP contribution >= 0.6 is 12.2 Å². The first-order valence-electron chi connectivity index (χ1n) is 10.6. The van der Waals surface area contributed by atoms with Crippen molar-refractivity contribution in [2.24, 2.45) is 5.92 Å². The van der Waals surface area contributed by atoms with E-state index in [1.54, 1.807) is 29.2 Å². The lowest BCUT2D eigenvalue weighted by Crippen LogP contribution is -2.60. The zero-order chi connectivity index (χ0) is 22.8. The van der Waals surface area contributed by atoms with Crippen LogP contribution in [-0.4, -0.2) is 60.1 Å². The number of amides is 2. The quantitative estimate of drug-likeness (QED) is 0.441. The van der Waals surface area contributed by atoms with Gasteiger partial charge >= 0.3 is 5.97 Å². The molecule has 1 fully saturated rings. The van der Waals surface area contributed by atoms with Gasteiger partial charge in [-0.25, -0.2) is 0 Å². The van der Waals surface area contributed by atoms with Gasteiger partial charge in [-0.1, -0.05) is 26.8 Å². The third-order valence-electron chi connectivity index (χ3n) is 4.70. The van der Waals surface area contributed by atoms with Crippen molar-refractivity contribution in [1.29, 1.82) is 0 Å². The van der Waals surface area contributed by atoms with E-state index >= 15 is 0 Å². The van der Waals surface area contributed by atoms with E-state index in [-0.39, 0.29) is 17.4 Å². The van der Waals surface area contributed by atoms with Crippen LogP contribution in [0.15, 0.2) is 24.3 Å². The van der Waals surface area contributed by atoms with Crippen LogP contribution < -0.4 is 15.4 Å². The summed E-state index contributed by atoms with van der Waals surface area (Å²) in [6, 6.07) is 5.98. The Bertz CT molecular complexity index is 799. The van der Waals surface area contributed by atoms with Crippen molar-refractivity contribution in [2.45, 2.75) is 46.1 Å². The highest BCUT2D eigenvalue weighted by atomic mass is 32.1. The topological polar surface area (TPSA) is 97.0 Å². The second-order valence-electron chi connectivity index (χ2n) is 7.74. The van der Waals surface area contributed by atoms with E-state index in [4.69, 9.17) is 21.7 Å².